The third-order valence-electron chi connectivity index (χ3n) is 4.34. The maximum atomic E-state index is 12.3. The molecule has 0 aromatic carbocycles. The summed E-state index contributed by atoms with van der Waals surface area (Å²) < 4.78 is 48.4. The summed E-state index contributed by atoms with van der Waals surface area (Å²) in [7, 11) is -6.85. The molecule has 0 bridgehead atoms. The van der Waals surface area contributed by atoms with Gasteiger partial charge in [0, 0.05) is 24.8 Å². The van der Waals surface area contributed by atoms with Gasteiger partial charge in [-0.1, -0.05) is 6.42 Å². The molecule has 0 spiro atoms. The average Bonchev–Trinajstić information content (AvgIpc) is 2.93. The Labute approximate surface area is 121 Å². The van der Waals surface area contributed by atoms with E-state index in [1.165, 1.54) is 4.31 Å². The zero-order chi connectivity index (χ0) is 15.0. The number of aliphatic hydroxyl groups is 1. The molecule has 1 heterocycles. The lowest BCUT2D eigenvalue weighted by molar-refractivity contribution is 0.0975. The first kappa shape index (κ1) is 16.2. The van der Waals surface area contributed by atoms with Crippen molar-refractivity contribution in [3.63, 3.8) is 0 Å². The van der Waals surface area contributed by atoms with Gasteiger partial charge < -0.3 is 5.11 Å². The standard InChI is InChI=1S/C12H23NO5S2/c1-19(15,16)8-9-20(17,18)13-7-3-5-11(13)10-4-2-6-12(10)14/h10-12,14H,2-9H2,1H3. The molecule has 2 rings (SSSR count). The summed E-state index contributed by atoms with van der Waals surface area (Å²) in [6.07, 6.45) is 4.68. The summed E-state index contributed by atoms with van der Waals surface area (Å²) in [5, 5.41) is 9.97. The SMILES string of the molecule is CS(=O)(=O)CCS(=O)(=O)N1CCCC1C1CCCC1O. The van der Waals surface area contributed by atoms with Crippen LogP contribution < -0.4 is 0 Å². The lowest BCUT2D eigenvalue weighted by atomic mass is 9.95. The Balaban J connectivity index is 2.09. The van der Waals surface area contributed by atoms with Gasteiger partial charge in [-0.3, -0.25) is 0 Å². The van der Waals surface area contributed by atoms with Gasteiger partial charge in [0.2, 0.25) is 10.0 Å². The lowest BCUT2D eigenvalue weighted by Gasteiger charge is -2.30. The fraction of sp³-hybridized carbons (Fsp3) is 1.00. The van der Waals surface area contributed by atoms with Crippen molar-refractivity contribution in [2.24, 2.45) is 5.92 Å². The van der Waals surface area contributed by atoms with Gasteiger partial charge in [0.05, 0.1) is 17.6 Å². The summed E-state index contributed by atoms with van der Waals surface area (Å²) in [4.78, 5) is 0. The minimum atomic E-state index is -3.56. The second-order valence-electron chi connectivity index (χ2n) is 5.93. The van der Waals surface area contributed by atoms with Crippen LogP contribution in [0.1, 0.15) is 32.1 Å². The smallest absolute Gasteiger partial charge is 0.215 e. The Kier molecular flexibility index (Phi) is 4.78. The zero-order valence-corrected chi connectivity index (χ0v) is 13.4. The summed E-state index contributed by atoms with van der Waals surface area (Å²) in [6.45, 7) is 0.444. The van der Waals surface area contributed by atoms with Crippen LogP contribution in [-0.2, 0) is 19.9 Å². The number of sulfone groups is 1. The maximum absolute atomic E-state index is 12.3. The molecule has 1 N–H and O–H groups in total. The van der Waals surface area contributed by atoms with Crippen molar-refractivity contribution in [3.8, 4) is 0 Å². The zero-order valence-electron chi connectivity index (χ0n) is 11.7. The van der Waals surface area contributed by atoms with Gasteiger partial charge in [-0.15, -0.1) is 0 Å². The van der Waals surface area contributed by atoms with Crippen LogP contribution in [0.25, 0.3) is 0 Å². The molecule has 1 saturated carbocycles. The minimum absolute atomic E-state index is 0.00510. The van der Waals surface area contributed by atoms with Gasteiger partial charge in [-0.2, -0.15) is 4.31 Å². The van der Waals surface area contributed by atoms with E-state index in [1.54, 1.807) is 0 Å². The van der Waals surface area contributed by atoms with Gasteiger partial charge in [0.1, 0.15) is 9.84 Å². The van der Waals surface area contributed by atoms with E-state index in [-0.39, 0.29) is 23.5 Å². The molecule has 2 aliphatic rings. The molecule has 1 saturated heterocycles. The molecule has 20 heavy (non-hydrogen) atoms. The third-order valence-corrected chi connectivity index (χ3v) is 7.44. The fourth-order valence-electron chi connectivity index (χ4n) is 3.33. The predicted octanol–water partition coefficient (Wildman–Crippen LogP) is -0.0138. The largest absolute Gasteiger partial charge is 0.393 e. The summed E-state index contributed by atoms with van der Waals surface area (Å²) in [5.74, 6) is -0.692. The highest BCUT2D eigenvalue weighted by Crippen LogP contribution is 2.37. The number of aliphatic hydroxyl groups excluding tert-OH is 1. The molecule has 1 aliphatic heterocycles. The monoisotopic (exact) mass is 325 g/mol. The first-order chi connectivity index (χ1) is 9.21. The second kappa shape index (κ2) is 5.90. The average molecular weight is 325 g/mol. The molecule has 118 valence electrons. The molecule has 8 heteroatoms. The van der Waals surface area contributed by atoms with Crippen molar-refractivity contribution in [2.75, 3.05) is 24.3 Å². The van der Waals surface area contributed by atoms with Crippen LogP contribution in [-0.4, -0.2) is 62.7 Å². The van der Waals surface area contributed by atoms with E-state index in [2.05, 4.69) is 0 Å². The summed E-state index contributed by atoms with van der Waals surface area (Å²) >= 11 is 0. The normalized spacial score (nSPS) is 32.8. The van der Waals surface area contributed by atoms with Gasteiger partial charge in [-0.25, -0.2) is 16.8 Å². The topological polar surface area (TPSA) is 91.8 Å². The second-order valence-corrected chi connectivity index (χ2v) is 10.2. The van der Waals surface area contributed by atoms with Crippen LogP contribution in [0.4, 0.5) is 0 Å². The van der Waals surface area contributed by atoms with Crippen molar-refractivity contribution in [2.45, 2.75) is 44.2 Å². The van der Waals surface area contributed by atoms with Crippen molar-refractivity contribution in [1.82, 2.24) is 4.31 Å². The molecule has 0 aromatic rings. The fourth-order valence-corrected chi connectivity index (χ4v) is 6.70. The number of rotatable bonds is 5. The van der Waals surface area contributed by atoms with Crippen molar-refractivity contribution in [3.05, 3.63) is 0 Å². The molecule has 6 nitrogen and oxygen atoms in total. The molecule has 0 amide bonds. The lowest BCUT2D eigenvalue weighted by Crippen LogP contribution is -2.44. The highest BCUT2D eigenvalue weighted by Gasteiger charge is 2.42. The third kappa shape index (κ3) is 3.72. The van der Waals surface area contributed by atoms with Crippen LogP contribution in [0, 0.1) is 5.92 Å². The molecule has 0 aromatic heterocycles. The van der Waals surface area contributed by atoms with E-state index in [0.717, 1.165) is 38.4 Å². The first-order valence-electron chi connectivity index (χ1n) is 7.06. The Hall–Kier alpha value is -0.180. The minimum Gasteiger partial charge on any atom is -0.393 e. The van der Waals surface area contributed by atoms with E-state index in [9.17, 15) is 21.9 Å². The van der Waals surface area contributed by atoms with E-state index in [1.807, 2.05) is 0 Å². The quantitative estimate of drug-likeness (QED) is 0.767. The molecular formula is C12H23NO5S2. The number of hydrogen-bond acceptors (Lipinski definition) is 5. The van der Waals surface area contributed by atoms with Gasteiger partial charge in [0.25, 0.3) is 0 Å². The highest BCUT2D eigenvalue weighted by molar-refractivity contribution is 7.93. The first-order valence-corrected chi connectivity index (χ1v) is 10.7. The van der Waals surface area contributed by atoms with Crippen molar-refractivity contribution >= 4 is 19.9 Å². The van der Waals surface area contributed by atoms with Crippen LogP contribution >= 0.6 is 0 Å². The van der Waals surface area contributed by atoms with Crippen LogP contribution in [0.3, 0.4) is 0 Å². The van der Waals surface area contributed by atoms with Crippen molar-refractivity contribution < 1.29 is 21.9 Å². The maximum Gasteiger partial charge on any atom is 0.215 e. The molecule has 3 unspecified atom stereocenters. The number of hydrogen-bond donors (Lipinski definition) is 1. The number of sulfonamides is 1. The summed E-state index contributed by atoms with van der Waals surface area (Å²) in [5.41, 5.74) is 0. The molecular weight excluding hydrogens is 302 g/mol. The van der Waals surface area contributed by atoms with E-state index in [4.69, 9.17) is 0 Å². The van der Waals surface area contributed by atoms with Crippen molar-refractivity contribution in [1.29, 1.82) is 0 Å². The van der Waals surface area contributed by atoms with Gasteiger partial charge in [-0.05, 0) is 25.7 Å². The Morgan fingerprint density at radius 3 is 2.30 bits per heavy atom. The van der Waals surface area contributed by atoms with Gasteiger partial charge in [0.15, 0.2) is 0 Å². The highest BCUT2D eigenvalue weighted by atomic mass is 32.2. The van der Waals surface area contributed by atoms with Crippen LogP contribution in [0.15, 0.2) is 0 Å². The Morgan fingerprint density at radius 2 is 1.75 bits per heavy atom. The van der Waals surface area contributed by atoms with Crippen LogP contribution in [0.5, 0.6) is 0 Å². The summed E-state index contributed by atoms with van der Waals surface area (Å²) in [6, 6.07) is -0.155. The van der Waals surface area contributed by atoms with Crippen LogP contribution in [0.2, 0.25) is 0 Å². The Morgan fingerprint density at radius 1 is 1.05 bits per heavy atom. The molecule has 3 atom stereocenters. The number of nitrogens with zero attached hydrogens (tertiary/aromatic N) is 1. The molecule has 1 aliphatic carbocycles. The Bertz CT molecular complexity index is 542. The van der Waals surface area contributed by atoms with Gasteiger partial charge >= 0.3 is 0 Å². The molecule has 0 radical (unpaired) electrons. The van der Waals surface area contributed by atoms with E-state index >= 15 is 0 Å². The molecule has 2 fully saturated rings. The predicted molar refractivity (Wildman–Crippen MR) is 76.6 cm³/mol. The van der Waals surface area contributed by atoms with E-state index in [0.29, 0.717) is 6.54 Å². The van der Waals surface area contributed by atoms with E-state index < -0.39 is 26.0 Å².